The molecular weight excluding hydrogens is 224 g/mol. The zero-order valence-corrected chi connectivity index (χ0v) is 11.1. The Labute approximate surface area is 109 Å². The van der Waals surface area contributed by atoms with E-state index in [-0.39, 0.29) is 11.8 Å². The predicted molar refractivity (Wildman–Crippen MR) is 72.0 cm³/mol. The predicted octanol–water partition coefficient (Wildman–Crippen LogP) is 2.94. The van der Waals surface area contributed by atoms with Crippen LogP contribution in [0, 0.1) is 11.3 Å². The summed E-state index contributed by atoms with van der Waals surface area (Å²) in [7, 11) is 0. The highest BCUT2D eigenvalue weighted by Gasteiger charge is 2.22. The summed E-state index contributed by atoms with van der Waals surface area (Å²) in [5.74, 6) is 0.0336. The van der Waals surface area contributed by atoms with Crippen LogP contribution in [-0.4, -0.2) is 23.9 Å². The van der Waals surface area contributed by atoms with Crippen LogP contribution in [0.4, 0.5) is 0 Å². The third-order valence-corrected chi connectivity index (χ3v) is 3.10. The number of nitriles is 1. The van der Waals surface area contributed by atoms with Crippen LogP contribution >= 0.6 is 0 Å². The Morgan fingerprint density at radius 2 is 2.00 bits per heavy atom. The Morgan fingerprint density at radius 3 is 2.50 bits per heavy atom. The van der Waals surface area contributed by atoms with Crippen molar-refractivity contribution in [3.63, 3.8) is 0 Å². The Balaban J connectivity index is 2.81. The molecule has 0 saturated carbocycles. The highest BCUT2D eigenvalue weighted by atomic mass is 16.2. The first-order chi connectivity index (χ1) is 8.74. The highest BCUT2D eigenvalue weighted by molar-refractivity contribution is 5.83. The van der Waals surface area contributed by atoms with E-state index in [1.54, 1.807) is 4.90 Å². The quantitative estimate of drug-likeness (QED) is 0.772. The van der Waals surface area contributed by atoms with Gasteiger partial charge in [-0.05, 0) is 18.9 Å². The van der Waals surface area contributed by atoms with Crippen molar-refractivity contribution in [1.82, 2.24) is 4.90 Å². The number of benzene rings is 1. The minimum atomic E-state index is -0.0927. The molecule has 96 valence electrons. The van der Waals surface area contributed by atoms with Crippen LogP contribution in [0.15, 0.2) is 30.3 Å². The van der Waals surface area contributed by atoms with Crippen LogP contribution in [0.3, 0.4) is 0 Å². The molecule has 0 aliphatic rings. The van der Waals surface area contributed by atoms with Gasteiger partial charge < -0.3 is 4.90 Å². The Kier molecular flexibility index (Phi) is 5.93. The molecule has 1 amide bonds. The molecule has 1 aromatic rings. The van der Waals surface area contributed by atoms with E-state index in [9.17, 15) is 4.79 Å². The van der Waals surface area contributed by atoms with Gasteiger partial charge in [-0.15, -0.1) is 0 Å². The number of nitrogens with zero attached hydrogens (tertiary/aromatic N) is 2. The summed E-state index contributed by atoms with van der Waals surface area (Å²) in [4.78, 5) is 14.2. The van der Waals surface area contributed by atoms with Crippen LogP contribution in [0.25, 0.3) is 0 Å². The summed E-state index contributed by atoms with van der Waals surface area (Å²) in [5, 5.41) is 8.62. The lowest BCUT2D eigenvalue weighted by molar-refractivity contribution is -0.132. The largest absolute Gasteiger partial charge is 0.341 e. The fourth-order valence-electron chi connectivity index (χ4n) is 2.07. The molecule has 0 saturated heterocycles. The van der Waals surface area contributed by atoms with Gasteiger partial charge in [0.2, 0.25) is 5.91 Å². The number of rotatable bonds is 6. The molecule has 0 heterocycles. The first kappa shape index (κ1) is 14.2. The SMILES string of the molecule is CCC(C(=O)N(CC)CCC#N)c1ccccc1. The van der Waals surface area contributed by atoms with E-state index in [1.165, 1.54) is 0 Å². The van der Waals surface area contributed by atoms with E-state index in [1.807, 2.05) is 44.2 Å². The van der Waals surface area contributed by atoms with Crippen LogP contribution in [0.1, 0.15) is 38.2 Å². The van der Waals surface area contributed by atoms with Crippen molar-refractivity contribution in [2.75, 3.05) is 13.1 Å². The van der Waals surface area contributed by atoms with Gasteiger partial charge in [0.1, 0.15) is 0 Å². The molecule has 1 rings (SSSR count). The lowest BCUT2D eigenvalue weighted by atomic mass is 9.95. The number of amides is 1. The first-order valence-corrected chi connectivity index (χ1v) is 6.45. The minimum absolute atomic E-state index is 0.0927. The second-order valence-electron chi connectivity index (χ2n) is 4.20. The molecule has 18 heavy (non-hydrogen) atoms. The summed E-state index contributed by atoms with van der Waals surface area (Å²) in [5.41, 5.74) is 1.06. The van der Waals surface area contributed by atoms with Gasteiger partial charge in [-0.3, -0.25) is 4.79 Å². The van der Waals surface area contributed by atoms with Gasteiger partial charge in [0.15, 0.2) is 0 Å². The van der Waals surface area contributed by atoms with Crippen LogP contribution in [-0.2, 0) is 4.79 Å². The molecule has 1 aromatic carbocycles. The fraction of sp³-hybridized carbons (Fsp3) is 0.467. The van der Waals surface area contributed by atoms with Crippen molar-refractivity contribution in [2.24, 2.45) is 0 Å². The minimum Gasteiger partial charge on any atom is -0.341 e. The molecule has 1 atom stereocenters. The summed E-state index contributed by atoms with van der Waals surface area (Å²) in [6.45, 7) is 5.15. The Hall–Kier alpha value is -1.82. The van der Waals surface area contributed by atoms with Crippen molar-refractivity contribution in [1.29, 1.82) is 5.26 Å². The number of likely N-dealkylation sites (N-methyl/N-ethyl adjacent to an activating group) is 1. The summed E-state index contributed by atoms with van der Waals surface area (Å²) in [6.07, 6.45) is 1.18. The summed E-state index contributed by atoms with van der Waals surface area (Å²) in [6, 6.07) is 11.9. The third-order valence-electron chi connectivity index (χ3n) is 3.10. The van der Waals surface area contributed by atoms with Gasteiger partial charge in [-0.25, -0.2) is 0 Å². The van der Waals surface area contributed by atoms with Gasteiger partial charge in [-0.2, -0.15) is 5.26 Å². The smallest absolute Gasteiger partial charge is 0.230 e. The van der Waals surface area contributed by atoms with E-state index in [4.69, 9.17) is 5.26 Å². The van der Waals surface area contributed by atoms with Crippen LogP contribution in [0.5, 0.6) is 0 Å². The van der Waals surface area contributed by atoms with E-state index in [0.717, 1.165) is 12.0 Å². The summed E-state index contributed by atoms with van der Waals surface area (Å²) < 4.78 is 0. The molecule has 0 bridgehead atoms. The molecule has 0 spiro atoms. The van der Waals surface area contributed by atoms with Gasteiger partial charge in [0.25, 0.3) is 0 Å². The van der Waals surface area contributed by atoms with Gasteiger partial charge in [0.05, 0.1) is 18.4 Å². The molecule has 0 aliphatic heterocycles. The first-order valence-electron chi connectivity index (χ1n) is 6.45. The van der Waals surface area contributed by atoms with Gasteiger partial charge in [-0.1, -0.05) is 37.3 Å². The lowest BCUT2D eigenvalue weighted by Crippen LogP contribution is -2.35. The molecule has 0 N–H and O–H groups in total. The van der Waals surface area contributed by atoms with E-state index >= 15 is 0 Å². The maximum Gasteiger partial charge on any atom is 0.230 e. The van der Waals surface area contributed by atoms with Crippen molar-refractivity contribution in [2.45, 2.75) is 32.6 Å². The number of carbonyl (C=O) groups excluding carboxylic acids is 1. The van der Waals surface area contributed by atoms with Crippen molar-refractivity contribution < 1.29 is 4.79 Å². The van der Waals surface area contributed by atoms with Gasteiger partial charge >= 0.3 is 0 Å². The molecular formula is C15H20N2O. The molecule has 3 heteroatoms. The second kappa shape index (κ2) is 7.50. The molecule has 1 unspecified atom stereocenters. The third kappa shape index (κ3) is 3.59. The second-order valence-corrected chi connectivity index (χ2v) is 4.20. The maximum absolute atomic E-state index is 12.4. The van der Waals surface area contributed by atoms with Gasteiger partial charge in [0, 0.05) is 13.1 Å². The van der Waals surface area contributed by atoms with E-state index in [2.05, 4.69) is 6.07 Å². The van der Waals surface area contributed by atoms with Crippen LogP contribution < -0.4 is 0 Å². The molecule has 0 radical (unpaired) electrons. The standard InChI is InChI=1S/C15H20N2O/c1-3-14(13-9-6-5-7-10-13)15(18)17(4-2)12-8-11-16/h5-7,9-10,14H,3-4,8,12H2,1-2H3. The van der Waals surface area contributed by atoms with E-state index in [0.29, 0.717) is 19.5 Å². The zero-order valence-electron chi connectivity index (χ0n) is 11.1. The maximum atomic E-state index is 12.4. The van der Waals surface area contributed by atoms with Crippen molar-refractivity contribution in [3.05, 3.63) is 35.9 Å². The topological polar surface area (TPSA) is 44.1 Å². The Morgan fingerprint density at radius 1 is 1.33 bits per heavy atom. The summed E-state index contributed by atoms with van der Waals surface area (Å²) >= 11 is 0. The van der Waals surface area contributed by atoms with E-state index < -0.39 is 0 Å². The van der Waals surface area contributed by atoms with Crippen molar-refractivity contribution >= 4 is 5.91 Å². The lowest BCUT2D eigenvalue weighted by Gasteiger charge is -2.25. The molecule has 0 aliphatic carbocycles. The van der Waals surface area contributed by atoms with Crippen molar-refractivity contribution in [3.8, 4) is 6.07 Å². The molecule has 0 fully saturated rings. The molecule has 3 nitrogen and oxygen atoms in total. The average Bonchev–Trinajstić information content (AvgIpc) is 2.42. The number of hydrogen-bond donors (Lipinski definition) is 0. The van der Waals surface area contributed by atoms with Crippen LogP contribution in [0.2, 0.25) is 0 Å². The fourth-order valence-corrected chi connectivity index (χ4v) is 2.07. The Bertz CT molecular complexity index is 408. The average molecular weight is 244 g/mol. The monoisotopic (exact) mass is 244 g/mol. The number of hydrogen-bond acceptors (Lipinski definition) is 2. The molecule has 0 aromatic heterocycles. The number of carbonyl (C=O) groups is 1. The highest BCUT2D eigenvalue weighted by Crippen LogP contribution is 2.21. The normalized spacial score (nSPS) is 11.6. The zero-order chi connectivity index (χ0) is 13.4.